The van der Waals surface area contributed by atoms with Crippen molar-refractivity contribution >= 4 is 17.6 Å². The highest BCUT2D eigenvalue weighted by molar-refractivity contribution is 5.92. The third kappa shape index (κ3) is 6.95. The number of amides is 1. The van der Waals surface area contributed by atoms with Crippen LogP contribution in [0.1, 0.15) is 38.7 Å². The van der Waals surface area contributed by atoms with E-state index in [9.17, 15) is 9.59 Å². The zero-order valence-electron chi connectivity index (χ0n) is 16.6. The first-order chi connectivity index (χ1) is 13.5. The summed E-state index contributed by atoms with van der Waals surface area (Å²) >= 11 is 0. The van der Waals surface area contributed by atoms with Crippen LogP contribution in [-0.2, 0) is 14.3 Å². The van der Waals surface area contributed by atoms with E-state index in [1.807, 2.05) is 37.3 Å². The lowest BCUT2D eigenvalue weighted by Gasteiger charge is -2.12. The molecule has 1 N–H and O–H groups in total. The number of hydrogen-bond donors (Lipinski definition) is 1. The number of rotatable bonds is 10. The Morgan fingerprint density at radius 3 is 2.18 bits per heavy atom. The summed E-state index contributed by atoms with van der Waals surface area (Å²) in [4.78, 5) is 23.8. The Bertz CT molecular complexity index is 771. The Morgan fingerprint density at radius 1 is 0.929 bits per heavy atom. The number of para-hydroxylation sites is 2. The van der Waals surface area contributed by atoms with Gasteiger partial charge in [0.2, 0.25) is 0 Å². The number of benzene rings is 2. The van der Waals surface area contributed by atoms with Crippen LogP contribution < -0.4 is 14.8 Å². The van der Waals surface area contributed by atoms with Gasteiger partial charge in [-0.2, -0.15) is 0 Å². The van der Waals surface area contributed by atoms with Crippen LogP contribution in [0.5, 0.6) is 11.5 Å². The van der Waals surface area contributed by atoms with Crippen molar-refractivity contribution in [1.29, 1.82) is 0 Å². The summed E-state index contributed by atoms with van der Waals surface area (Å²) in [6.07, 6.45) is 0.867. The molecular weight excluding hydrogens is 358 g/mol. The molecule has 0 saturated carbocycles. The number of nitrogens with one attached hydrogen (secondary N) is 1. The molecule has 0 heterocycles. The summed E-state index contributed by atoms with van der Waals surface area (Å²) in [7, 11) is 0. The standard InChI is InChI=1S/C22H27NO5/c1-4-13-26-19-7-5-6-8-20(19)27-15-22(25)28-14-21(24)23-18-11-9-17(10-12-18)16(2)3/h5-12,16H,4,13-15H2,1-3H3,(H,23,24). The van der Waals surface area contributed by atoms with Crippen molar-refractivity contribution in [2.45, 2.75) is 33.1 Å². The highest BCUT2D eigenvalue weighted by Crippen LogP contribution is 2.26. The number of carbonyl (C=O) groups excluding carboxylic acids is 2. The van der Waals surface area contributed by atoms with Crippen LogP contribution in [0, 0.1) is 0 Å². The molecule has 0 saturated heterocycles. The van der Waals surface area contributed by atoms with Crippen molar-refractivity contribution in [3.63, 3.8) is 0 Å². The Balaban J connectivity index is 1.75. The summed E-state index contributed by atoms with van der Waals surface area (Å²) < 4.78 is 16.0. The van der Waals surface area contributed by atoms with Gasteiger partial charge in [0.25, 0.3) is 5.91 Å². The summed E-state index contributed by atoms with van der Waals surface area (Å²) in [6, 6.07) is 14.7. The van der Waals surface area contributed by atoms with Crippen LogP contribution in [0.4, 0.5) is 5.69 Å². The first-order valence-corrected chi connectivity index (χ1v) is 9.39. The highest BCUT2D eigenvalue weighted by atomic mass is 16.6. The van der Waals surface area contributed by atoms with Gasteiger partial charge in [0.05, 0.1) is 6.61 Å². The van der Waals surface area contributed by atoms with Gasteiger partial charge in [-0.25, -0.2) is 4.79 Å². The zero-order chi connectivity index (χ0) is 20.4. The molecule has 0 unspecified atom stereocenters. The lowest BCUT2D eigenvalue weighted by molar-refractivity contribution is -0.149. The minimum atomic E-state index is -0.629. The molecule has 0 fully saturated rings. The number of hydrogen-bond acceptors (Lipinski definition) is 5. The fourth-order valence-electron chi connectivity index (χ4n) is 2.37. The Labute approximate surface area is 165 Å². The van der Waals surface area contributed by atoms with E-state index in [1.54, 1.807) is 18.2 Å². The number of anilines is 1. The molecule has 28 heavy (non-hydrogen) atoms. The highest BCUT2D eigenvalue weighted by Gasteiger charge is 2.11. The Morgan fingerprint density at radius 2 is 1.57 bits per heavy atom. The van der Waals surface area contributed by atoms with E-state index in [0.29, 0.717) is 29.7 Å². The van der Waals surface area contributed by atoms with Gasteiger partial charge in [-0.15, -0.1) is 0 Å². The molecule has 1 amide bonds. The molecular formula is C22H27NO5. The van der Waals surface area contributed by atoms with E-state index in [4.69, 9.17) is 14.2 Å². The second-order valence-electron chi connectivity index (χ2n) is 6.57. The van der Waals surface area contributed by atoms with Gasteiger partial charge in [0, 0.05) is 5.69 Å². The predicted octanol–water partition coefficient (Wildman–Crippen LogP) is 4.16. The molecule has 0 aliphatic carbocycles. The fraction of sp³-hybridized carbons (Fsp3) is 0.364. The van der Waals surface area contributed by atoms with E-state index < -0.39 is 11.9 Å². The Hall–Kier alpha value is -3.02. The molecule has 6 heteroatoms. The number of carbonyl (C=O) groups is 2. The maximum absolute atomic E-state index is 11.9. The zero-order valence-corrected chi connectivity index (χ0v) is 16.6. The first-order valence-electron chi connectivity index (χ1n) is 9.39. The van der Waals surface area contributed by atoms with Crippen molar-refractivity contribution in [1.82, 2.24) is 0 Å². The third-order valence-corrected chi connectivity index (χ3v) is 3.88. The van der Waals surface area contributed by atoms with Gasteiger partial charge in [-0.3, -0.25) is 4.79 Å². The first kappa shape index (κ1) is 21.3. The molecule has 0 aliphatic rings. The van der Waals surface area contributed by atoms with Gasteiger partial charge in [-0.1, -0.05) is 45.0 Å². The molecule has 2 aromatic carbocycles. The molecule has 0 bridgehead atoms. The van der Waals surface area contributed by atoms with Gasteiger partial charge < -0.3 is 19.5 Å². The van der Waals surface area contributed by atoms with Crippen LogP contribution in [0.15, 0.2) is 48.5 Å². The van der Waals surface area contributed by atoms with Gasteiger partial charge in [-0.05, 0) is 42.2 Å². The van der Waals surface area contributed by atoms with E-state index >= 15 is 0 Å². The lowest BCUT2D eigenvalue weighted by atomic mass is 10.0. The topological polar surface area (TPSA) is 73.9 Å². The minimum Gasteiger partial charge on any atom is -0.490 e. The summed E-state index contributed by atoms with van der Waals surface area (Å²) in [5.74, 6) is 0.415. The van der Waals surface area contributed by atoms with Gasteiger partial charge >= 0.3 is 5.97 Å². The molecule has 6 nitrogen and oxygen atoms in total. The minimum absolute atomic E-state index is 0.303. The molecule has 0 aromatic heterocycles. The summed E-state index contributed by atoms with van der Waals surface area (Å²) in [5.41, 5.74) is 1.84. The van der Waals surface area contributed by atoms with E-state index in [2.05, 4.69) is 19.2 Å². The van der Waals surface area contributed by atoms with Crippen molar-refractivity contribution in [3.05, 3.63) is 54.1 Å². The van der Waals surface area contributed by atoms with E-state index in [1.165, 1.54) is 5.56 Å². The predicted molar refractivity (Wildman–Crippen MR) is 108 cm³/mol. The van der Waals surface area contributed by atoms with E-state index in [0.717, 1.165) is 6.42 Å². The fourth-order valence-corrected chi connectivity index (χ4v) is 2.37. The average molecular weight is 385 g/mol. The van der Waals surface area contributed by atoms with Gasteiger partial charge in [0.1, 0.15) is 0 Å². The molecule has 2 rings (SSSR count). The third-order valence-electron chi connectivity index (χ3n) is 3.88. The Kier molecular flexibility index (Phi) is 8.34. The van der Waals surface area contributed by atoms with Crippen LogP contribution >= 0.6 is 0 Å². The van der Waals surface area contributed by atoms with Crippen molar-refractivity contribution in [2.24, 2.45) is 0 Å². The maximum Gasteiger partial charge on any atom is 0.344 e. The SMILES string of the molecule is CCCOc1ccccc1OCC(=O)OCC(=O)Nc1ccc(C(C)C)cc1. The smallest absolute Gasteiger partial charge is 0.344 e. The molecule has 2 aromatic rings. The molecule has 0 spiro atoms. The molecule has 150 valence electrons. The largest absolute Gasteiger partial charge is 0.490 e. The molecule has 0 radical (unpaired) electrons. The van der Waals surface area contributed by atoms with Gasteiger partial charge in [0.15, 0.2) is 24.7 Å². The number of esters is 1. The summed E-state index contributed by atoms with van der Waals surface area (Å²) in [5, 5.41) is 2.69. The lowest BCUT2D eigenvalue weighted by Crippen LogP contribution is -2.23. The number of ether oxygens (including phenoxy) is 3. The van der Waals surface area contributed by atoms with Crippen LogP contribution in [0.25, 0.3) is 0 Å². The molecule has 0 aliphatic heterocycles. The van der Waals surface area contributed by atoms with Crippen LogP contribution in [0.3, 0.4) is 0 Å². The van der Waals surface area contributed by atoms with E-state index in [-0.39, 0.29) is 13.2 Å². The maximum atomic E-state index is 11.9. The second kappa shape index (κ2) is 11.0. The van der Waals surface area contributed by atoms with Crippen molar-refractivity contribution in [2.75, 3.05) is 25.1 Å². The van der Waals surface area contributed by atoms with Crippen molar-refractivity contribution in [3.8, 4) is 11.5 Å². The molecule has 0 atom stereocenters. The van der Waals surface area contributed by atoms with Crippen LogP contribution in [-0.4, -0.2) is 31.7 Å². The van der Waals surface area contributed by atoms with Crippen molar-refractivity contribution < 1.29 is 23.8 Å². The normalized spacial score (nSPS) is 10.4. The average Bonchev–Trinajstić information content (AvgIpc) is 2.70. The monoisotopic (exact) mass is 385 g/mol. The summed E-state index contributed by atoms with van der Waals surface area (Å²) in [6.45, 7) is 6.09. The van der Waals surface area contributed by atoms with Crippen LogP contribution in [0.2, 0.25) is 0 Å². The second-order valence-corrected chi connectivity index (χ2v) is 6.57. The quantitative estimate of drug-likeness (QED) is 0.622.